The van der Waals surface area contributed by atoms with E-state index in [9.17, 15) is 9.59 Å². The lowest BCUT2D eigenvalue weighted by Crippen LogP contribution is -2.34. The standard InChI is InChI=1S/C13H14N2O4S2/c1-8-4-2-3-5-9(8)11-14-15(10(16)6-7-20)12(21-11)19-13(17)18/h2-5,12,20H,6-7H2,1H3,(H,17,18). The minimum absolute atomic E-state index is 0.160. The summed E-state index contributed by atoms with van der Waals surface area (Å²) in [7, 11) is 0. The zero-order valence-corrected chi connectivity index (χ0v) is 12.9. The van der Waals surface area contributed by atoms with Gasteiger partial charge in [0, 0.05) is 12.0 Å². The second-order valence-electron chi connectivity index (χ2n) is 4.24. The van der Waals surface area contributed by atoms with Crippen LogP contribution in [0.3, 0.4) is 0 Å². The second kappa shape index (κ2) is 6.86. The van der Waals surface area contributed by atoms with Gasteiger partial charge in [0.05, 0.1) is 0 Å². The number of aryl methyl sites for hydroxylation is 1. The molecule has 0 fully saturated rings. The maximum absolute atomic E-state index is 12.0. The Bertz CT molecular complexity index is 591. The molecule has 0 bridgehead atoms. The van der Waals surface area contributed by atoms with E-state index in [1.165, 1.54) is 0 Å². The number of amides is 1. The van der Waals surface area contributed by atoms with Gasteiger partial charge in [-0.3, -0.25) is 4.79 Å². The molecule has 1 aliphatic rings. The van der Waals surface area contributed by atoms with Crippen molar-refractivity contribution in [1.82, 2.24) is 5.01 Å². The topological polar surface area (TPSA) is 79.2 Å². The Morgan fingerprint density at radius 2 is 2.19 bits per heavy atom. The summed E-state index contributed by atoms with van der Waals surface area (Å²) in [5, 5.41) is 14.6. The number of carbonyl (C=O) groups is 2. The molecule has 0 aliphatic carbocycles. The van der Waals surface area contributed by atoms with Gasteiger partial charge in [-0.25, -0.2) is 4.79 Å². The summed E-state index contributed by atoms with van der Waals surface area (Å²) < 4.78 is 4.73. The number of rotatable bonds is 4. The molecule has 0 saturated carbocycles. The van der Waals surface area contributed by atoms with E-state index in [1.54, 1.807) is 0 Å². The van der Waals surface area contributed by atoms with Crippen LogP contribution < -0.4 is 0 Å². The predicted molar refractivity (Wildman–Crippen MR) is 83.5 cm³/mol. The van der Waals surface area contributed by atoms with Gasteiger partial charge in [0.15, 0.2) is 0 Å². The maximum Gasteiger partial charge on any atom is 0.508 e. The lowest BCUT2D eigenvalue weighted by molar-refractivity contribution is -0.136. The Labute approximate surface area is 131 Å². The van der Waals surface area contributed by atoms with Crippen molar-refractivity contribution in [3.63, 3.8) is 0 Å². The molecule has 8 heteroatoms. The summed E-state index contributed by atoms with van der Waals surface area (Å²) in [4.78, 5) is 22.7. The molecule has 0 saturated heterocycles. The third-order valence-corrected chi connectivity index (χ3v) is 4.01. The predicted octanol–water partition coefficient (Wildman–Crippen LogP) is 2.53. The molecule has 0 radical (unpaired) electrons. The van der Waals surface area contributed by atoms with Gasteiger partial charge in [0.2, 0.25) is 5.91 Å². The number of ether oxygens (including phenoxy) is 1. The molecule has 1 aromatic rings. The van der Waals surface area contributed by atoms with E-state index in [4.69, 9.17) is 9.84 Å². The van der Waals surface area contributed by atoms with Gasteiger partial charge in [-0.15, -0.1) is 0 Å². The number of hydrogen-bond acceptors (Lipinski definition) is 6. The summed E-state index contributed by atoms with van der Waals surface area (Å²) in [5.74, 6) is 0.0296. The smallest absolute Gasteiger partial charge is 0.450 e. The van der Waals surface area contributed by atoms with Crippen molar-refractivity contribution in [3.05, 3.63) is 35.4 Å². The van der Waals surface area contributed by atoms with Crippen LogP contribution in [-0.4, -0.2) is 38.5 Å². The van der Waals surface area contributed by atoms with Crippen LogP contribution in [0.25, 0.3) is 0 Å². The van der Waals surface area contributed by atoms with Crippen LogP contribution in [0.4, 0.5) is 4.79 Å². The summed E-state index contributed by atoms with van der Waals surface area (Å²) >= 11 is 5.10. The number of carboxylic acid groups (broad SMARTS) is 1. The van der Waals surface area contributed by atoms with Crippen molar-refractivity contribution in [2.24, 2.45) is 5.10 Å². The molecular formula is C13H14N2O4S2. The number of thioether (sulfide) groups is 1. The number of carbonyl (C=O) groups excluding carboxylic acids is 1. The van der Waals surface area contributed by atoms with E-state index in [1.807, 2.05) is 31.2 Å². The number of hydrogen-bond donors (Lipinski definition) is 2. The SMILES string of the molecule is Cc1ccccc1C1=NN(C(=O)CCS)C(OC(=O)O)S1. The van der Waals surface area contributed by atoms with Crippen LogP contribution >= 0.6 is 24.4 Å². The van der Waals surface area contributed by atoms with Crippen LogP contribution in [0, 0.1) is 6.92 Å². The first-order valence-electron chi connectivity index (χ1n) is 6.16. The van der Waals surface area contributed by atoms with Crippen molar-refractivity contribution in [2.45, 2.75) is 18.9 Å². The first-order valence-corrected chi connectivity index (χ1v) is 7.68. The largest absolute Gasteiger partial charge is 0.508 e. The van der Waals surface area contributed by atoms with Crippen LogP contribution in [-0.2, 0) is 9.53 Å². The number of benzene rings is 1. The highest BCUT2D eigenvalue weighted by Gasteiger charge is 2.35. The molecule has 1 aliphatic heterocycles. The molecular weight excluding hydrogens is 312 g/mol. The minimum atomic E-state index is -1.45. The van der Waals surface area contributed by atoms with E-state index in [2.05, 4.69) is 17.7 Å². The van der Waals surface area contributed by atoms with Gasteiger partial charge >= 0.3 is 6.16 Å². The van der Waals surface area contributed by atoms with Gasteiger partial charge in [0.25, 0.3) is 5.56 Å². The van der Waals surface area contributed by atoms with Crippen molar-refractivity contribution >= 4 is 41.5 Å². The number of hydrazone groups is 1. The summed E-state index contributed by atoms with van der Waals surface area (Å²) in [6.07, 6.45) is -1.29. The van der Waals surface area contributed by atoms with E-state index in [0.717, 1.165) is 27.9 Å². The molecule has 6 nitrogen and oxygen atoms in total. The summed E-state index contributed by atoms with van der Waals surface area (Å²) in [6, 6.07) is 7.54. The molecule has 112 valence electrons. The van der Waals surface area contributed by atoms with Crippen LogP contribution in [0.1, 0.15) is 17.5 Å². The molecule has 2 rings (SSSR count). The lowest BCUT2D eigenvalue weighted by Gasteiger charge is -2.18. The Morgan fingerprint density at radius 3 is 2.81 bits per heavy atom. The number of nitrogens with zero attached hydrogens (tertiary/aromatic N) is 2. The zero-order chi connectivity index (χ0) is 15.4. The molecule has 1 aromatic carbocycles. The van der Waals surface area contributed by atoms with Crippen molar-refractivity contribution in [3.8, 4) is 0 Å². The molecule has 0 aromatic heterocycles. The normalized spacial score (nSPS) is 17.5. The maximum atomic E-state index is 12.0. The van der Waals surface area contributed by atoms with Gasteiger partial charge in [0.1, 0.15) is 5.04 Å². The minimum Gasteiger partial charge on any atom is -0.450 e. The van der Waals surface area contributed by atoms with Crippen LogP contribution in [0.2, 0.25) is 0 Å². The highest BCUT2D eigenvalue weighted by molar-refractivity contribution is 8.15. The van der Waals surface area contributed by atoms with Gasteiger partial charge in [-0.1, -0.05) is 24.3 Å². The molecule has 1 unspecified atom stereocenters. The van der Waals surface area contributed by atoms with Crippen LogP contribution in [0.15, 0.2) is 29.4 Å². The molecule has 1 N–H and O–H groups in total. The number of thiol groups is 1. The summed E-state index contributed by atoms with van der Waals surface area (Å²) in [5.41, 5.74) is 0.841. The van der Waals surface area contributed by atoms with Crippen molar-refractivity contribution in [1.29, 1.82) is 0 Å². The highest BCUT2D eigenvalue weighted by atomic mass is 32.2. The lowest BCUT2D eigenvalue weighted by atomic mass is 10.1. The first-order chi connectivity index (χ1) is 10.0. The van der Waals surface area contributed by atoms with Gasteiger partial charge < -0.3 is 9.84 Å². The van der Waals surface area contributed by atoms with E-state index in [-0.39, 0.29) is 12.3 Å². The van der Waals surface area contributed by atoms with Crippen molar-refractivity contribution < 1.29 is 19.4 Å². The Hall–Kier alpha value is -1.67. The van der Waals surface area contributed by atoms with E-state index < -0.39 is 11.7 Å². The highest BCUT2D eigenvalue weighted by Crippen LogP contribution is 2.32. The third-order valence-electron chi connectivity index (χ3n) is 2.77. The monoisotopic (exact) mass is 326 g/mol. The fraction of sp³-hybridized carbons (Fsp3) is 0.308. The average molecular weight is 326 g/mol. The fourth-order valence-corrected chi connectivity index (χ4v) is 3.06. The molecule has 1 amide bonds. The third kappa shape index (κ3) is 3.70. The summed E-state index contributed by atoms with van der Waals surface area (Å²) in [6.45, 7) is 1.92. The average Bonchev–Trinajstić information content (AvgIpc) is 2.82. The zero-order valence-electron chi connectivity index (χ0n) is 11.2. The molecule has 1 heterocycles. The Kier molecular flexibility index (Phi) is 5.13. The first kappa shape index (κ1) is 15.7. The van der Waals surface area contributed by atoms with Gasteiger partial charge in [-0.2, -0.15) is 22.7 Å². The Balaban J connectivity index is 2.28. The molecule has 1 atom stereocenters. The van der Waals surface area contributed by atoms with E-state index in [0.29, 0.717) is 10.8 Å². The van der Waals surface area contributed by atoms with Gasteiger partial charge in [-0.05, 0) is 30.0 Å². The fourth-order valence-electron chi connectivity index (χ4n) is 1.79. The van der Waals surface area contributed by atoms with Crippen molar-refractivity contribution in [2.75, 3.05) is 5.75 Å². The molecule has 21 heavy (non-hydrogen) atoms. The Morgan fingerprint density at radius 1 is 1.48 bits per heavy atom. The molecule has 0 spiro atoms. The second-order valence-corrected chi connectivity index (χ2v) is 5.71. The quantitative estimate of drug-likeness (QED) is 0.656. The van der Waals surface area contributed by atoms with Crippen LogP contribution in [0.5, 0.6) is 0 Å². The van der Waals surface area contributed by atoms with E-state index >= 15 is 0 Å².